The van der Waals surface area contributed by atoms with Crippen molar-refractivity contribution >= 4 is 16.9 Å². The standard InChI is InChI=1S/C21H27FN4O3/c1-13-14(2)25-20-17(9-16(22)10-18(20)24-13)21(27)23-11-19(15-3-6-29-12-15)26-4-7-28-8-5-26/h9-10,15,19H,3-8,11-12H2,1-2H3,(H,23,27). The fraction of sp³-hybridized carbons (Fsp3) is 0.571. The van der Waals surface area contributed by atoms with Gasteiger partial charge in [0.05, 0.1) is 42.3 Å². The van der Waals surface area contributed by atoms with E-state index >= 15 is 0 Å². The molecule has 3 heterocycles. The Hall–Kier alpha value is -2.16. The second-order valence-electron chi connectivity index (χ2n) is 7.76. The van der Waals surface area contributed by atoms with Gasteiger partial charge < -0.3 is 14.8 Å². The van der Waals surface area contributed by atoms with Gasteiger partial charge in [0.25, 0.3) is 5.91 Å². The van der Waals surface area contributed by atoms with E-state index in [0.29, 0.717) is 43.3 Å². The number of benzene rings is 1. The number of hydrogen-bond donors (Lipinski definition) is 1. The molecular formula is C21H27FN4O3. The summed E-state index contributed by atoms with van der Waals surface area (Å²) in [5.74, 6) is -0.458. The van der Waals surface area contributed by atoms with Gasteiger partial charge in [-0.25, -0.2) is 14.4 Å². The van der Waals surface area contributed by atoms with Gasteiger partial charge in [0.2, 0.25) is 0 Å². The number of fused-ring (bicyclic) bond motifs is 1. The molecule has 2 aromatic rings. The number of carbonyl (C=O) groups is 1. The highest BCUT2D eigenvalue weighted by Crippen LogP contribution is 2.23. The highest BCUT2D eigenvalue weighted by molar-refractivity contribution is 6.04. The van der Waals surface area contributed by atoms with Crippen molar-refractivity contribution < 1.29 is 18.7 Å². The number of aromatic nitrogens is 2. The lowest BCUT2D eigenvalue weighted by Crippen LogP contribution is -2.52. The number of aryl methyl sites for hydroxylation is 2. The van der Waals surface area contributed by atoms with E-state index in [1.807, 2.05) is 13.8 Å². The van der Waals surface area contributed by atoms with Crippen molar-refractivity contribution in [2.45, 2.75) is 26.3 Å². The summed E-state index contributed by atoms with van der Waals surface area (Å²) in [5, 5.41) is 3.02. The van der Waals surface area contributed by atoms with Crippen molar-refractivity contribution in [1.82, 2.24) is 20.2 Å². The Labute approximate surface area is 169 Å². The zero-order valence-corrected chi connectivity index (χ0v) is 16.9. The van der Waals surface area contributed by atoms with Gasteiger partial charge in [-0.05, 0) is 26.3 Å². The molecule has 2 aliphatic rings. The minimum absolute atomic E-state index is 0.167. The molecule has 0 bridgehead atoms. The number of halogens is 1. The number of nitrogens with one attached hydrogen (secondary N) is 1. The predicted molar refractivity (Wildman–Crippen MR) is 106 cm³/mol. The Morgan fingerprint density at radius 3 is 2.69 bits per heavy atom. The summed E-state index contributed by atoms with van der Waals surface area (Å²) in [6.45, 7) is 8.65. The van der Waals surface area contributed by atoms with Crippen molar-refractivity contribution in [3.05, 3.63) is 34.9 Å². The maximum Gasteiger partial charge on any atom is 0.253 e. The Balaban J connectivity index is 1.55. The normalized spacial score (nSPS) is 21.4. The van der Waals surface area contributed by atoms with E-state index in [-0.39, 0.29) is 17.5 Å². The summed E-state index contributed by atoms with van der Waals surface area (Å²) in [4.78, 5) is 24.2. The number of carbonyl (C=O) groups excluding carboxylic acids is 1. The average Bonchev–Trinajstić information content (AvgIpc) is 3.24. The Kier molecular flexibility index (Phi) is 6.03. The van der Waals surface area contributed by atoms with E-state index in [1.54, 1.807) is 0 Å². The number of ether oxygens (including phenoxy) is 2. The zero-order chi connectivity index (χ0) is 20.4. The van der Waals surface area contributed by atoms with E-state index in [2.05, 4.69) is 20.2 Å². The molecule has 0 radical (unpaired) electrons. The fourth-order valence-electron chi connectivity index (χ4n) is 4.12. The Morgan fingerprint density at radius 2 is 1.97 bits per heavy atom. The SMILES string of the molecule is Cc1nc2cc(F)cc(C(=O)NCC(C3CCOC3)N3CCOCC3)c2nc1C. The molecule has 156 valence electrons. The molecule has 2 unspecified atom stereocenters. The van der Waals surface area contributed by atoms with E-state index in [4.69, 9.17) is 9.47 Å². The molecule has 0 aliphatic carbocycles. The van der Waals surface area contributed by atoms with Gasteiger partial charge in [0.15, 0.2) is 0 Å². The van der Waals surface area contributed by atoms with Crippen molar-refractivity contribution in [2.75, 3.05) is 46.1 Å². The van der Waals surface area contributed by atoms with Crippen LogP contribution in [0, 0.1) is 25.6 Å². The maximum atomic E-state index is 14.1. The molecule has 2 saturated heterocycles. The monoisotopic (exact) mass is 402 g/mol. The molecule has 2 aliphatic heterocycles. The molecule has 0 saturated carbocycles. The zero-order valence-electron chi connectivity index (χ0n) is 16.9. The fourth-order valence-corrected chi connectivity index (χ4v) is 4.12. The molecule has 0 spiro atoms. The predicted octanol–water partition coefficient (Wildman–Crippen LogP) is 1.85. The van der Waals surface area contributed by atoms with E-state index in [1.165, 1.54) is 12.1 Å². The highest BCUT2D eigenvalue weighted by atomic mass is 19.1. The van der Waals surface area contributed by atoms with E-state index in [9.17, 15) is 9.18 Å². The minimum atomic E-state index is -0.492. The van der Waals surface area contributed by atoms with Crippen LogP contribution in [0.4, 0.5) is 4.39 Å². The first-order valence-electron chi connectivity index (χ1n) is 10.1. The number of hydrogen-bond acceptors (Lipinski definition) is 6. The molecule has 4 rings (SSSR count). The molecule has 29 heavy (non-hydrogen) atoms. The quantitative estimate of drug-likeness (QED) is 0.823. The van der Waals surface area contributed by atoms with Crippen molar-refractivity contribution in [3.8, 4) is 0 Å². The van der Waals surface area contributed by atoms with Crippen molar-refractivity contribution in [1.29, 1.82) is 0 Å². The van der Waals surface area contributed by atoms with Crippen LogP contribution in [0.25, 0.3) is 11.0 Å². The third-order valence-corrected chi connectivity index (χ3v) is 5.89. The third kappa shape index (κ3) is 4.39. The van der Waals surface area contributed by atoms with Gasteiger partial charge in [-0.3, -0.25) is 9.69 Å². The Bertz CT molecular complexity index is 895. The number of amides is 1. The summed E-state index contributed by atoms with van der Waals surface area (Å²) in [7, 11) is 0. The first-order chi connectivity index (χ1) is 14.0. The maximum absolute atomic E-state index is 14.1. The van der Waals surface area contributed by atoms with Gasteiger partial charge in [0, 0.05) is 44.3 Å². The first kappa shape index (κ1) is 20.1. The molecule has 7 nitrogen and oxygen atoms in total. The lowest BCUT2D eigenvalue weighted by atomic mass is 9.96. The van der Waals surface area contributed by atoms with Crippen LogP contribution in [-0.2, 0) is 9.47 Å². The first-order valence-corrected chi connectivity index (χ1v) is 10.1. The van der Waals surface area contributed by atoms with E-state index < -0.39 is 5.82 Å². The van der Waals surface area contributed by atoms with Gasteiger partial charge in [0.1, 0.15) is 11.3 Å². The van der Waals surface area contributed by atoms with Crippen LogP contribution < -0.4 is 5.32 Å². The van der Waals surface area contributed by atoms with Crippen LogP contribution in [0.3, 0.4) is 0 Å². The van der Waals surface area contributed by atoms with Gasteiger partial charge in [-0.2, -0.15) is 0 Å². The summed E-state index contributed by atoms with van der Waals surface area (Å²) < 4.78 is 25.2. The molecule has 1 aromatic carbocycles. The van der Waals surface area contributed by atoms with Crippen molar-refractivity contribution in [2.24, 2.45) is 5.92 Å². The third-order valence-electron chi connectivity index (χ3n) is 5.89. The Morgan fingerprint density at radius 1 is 1.21 bits per heavy atom. The molecule has 1 amide bonds. The van der Waals surface area contributed by atoms with E-state index in [0.717, 1.165) is 37.5 Å². The molecule has 2 atom stereocenters. The van der Waals surface area contributed by atoms with Gasteiger partial charge in [-0.15, -0.1) is 0 Å². The summed E-state index contributed by atoms with van der Waals surface area (Å²) >= 11 is 0. The lowest BCUT2D eigenvalue weighted by Gasteiger charge is -2.37. The lowest BCUT2D eigenvalue weighted by molar-refractivity contribution is 0.00167. The summed E-state index contributed by atoms with van der Waals surface area (Å²) in [5.41, 5.74) is 2.50. The van der Waals surface area contributed by atoms with Crippen LogP contribution in [0.2, 0.25) is 0 Å². The molecule has 1 aromatic heterocycles. The molecule has 8 heteroatoms. The molecule has 2 fully saturated rings. The number of nitrogens with zero attached hydrogens (tertiary/aromatic N) is 3. The van der Waals surface area contributed by atoms with Crippen LogP contribution in [0.15, 0.2) is 12.1 Å². The van der Waals surface area contributed by atoms with Crippen LogP contribution in [0.5, 0.6) is 0 Å². The van der Waals surface area contributed by atoms with Crippen LogP contribution >= 0.6 is 0 Å². The second kappa shape index (κ2) is 8.69. The second-order valence-corrected chi connectivity index (χ2v) is 7.76. The van der Waals surface area contributed by atoms with Crippen molar-refractivity contribution in [3.63, 3.8) is 0 Å². The smallest absolute Gasteiger partial charge is 0.253 e. The number of morpholine rings is 1. The molecule has 1 N–H and O–H groups in total. The van der Waals surface area contributed by atoms with Crippen LogP contribution in [0.1, 0.15) is 28.2 Å². The summed E-state index contributed by atoms with van der Waals surface area (Å²) in [6, 6.07) is 2.72. The highest BCUT2D eigenvalue weighted by Gasteiger charge is 2.32. The average molecular weight is 402 g/mol. The largest absolute Gasteiger partial charge is 0.381 e. The van der Waals surface area contributed by atoms with Gasteiger partial charge in [-0.1, -0.05) is 0 Å². The van der Waals surface area contributed by atoms with Crippen LogP contribution in [-0.4, -0.2) is 72.9 Å². The molecular weight excluding hydrogens is 375 g/mol. The minimum Gasteiger partial charge on any atom is -0.381 e. The van der Waals surface area contributed by atoms with Gasteiger partial charge >= 0.3 is 0 Å². The summed E-state index contributed by atoms with van der Waals surface area (Å²) in [6.07, 6.45) is 0.977. The topological polar surface area (TPSA) is 76.6 Å². The number of rotatable bonds is 5.